The summed E-state index contributed by atoms with van der Waals surface area (Å²) >= 11 is 0. The first-order chi connectivity index (χ1) is 7.79. The largest absolute Gasteiger partial charge is 0.255 e. The SMILES string of the molecule is CC#Cc1ccc(-c2ccc(C)cc2)nc1. The van der Waals surface area contributed by atoms with Crippen molar-refractivity contribution >= 4 is 0 Å². The Morgan fingerprint density at radius 1 is 1.00 bits per heavy atom. The highest BCUT2D eigenvalue weighted by Crippen LogP contribution is 2.17. The first kappa shape index (κ1) is 10.4. The minimum absolute atomic E-state index is 0.957. The van der Waals surface area contributed by atoms with Crippen molar-refractivity contribution in [3.8, 4) is 23.1 Å². The van der Waals surface area contributed by atoms with Gasteiger partial charge in [-0.25, -0.2) is 0 Å². The molecule has 0 radical (unpaired) electrons. The Morgan fingerprint density at radius 2 is 1.75 bits per heavy atom. The van der Waals surface area contributed by atoms with Gasteiger partial charge in [0.2, 0.25) is 0 Å². The summed E-state index contributed by atoms with van der Waals surface area (Å²) in [7, 11) is 0. The average molecular weight is 207 g/mol. The van der Waals surface area contributed by atoms with Crippen molar-refractivity contribution in [2.75, 3.05) is 0 Å². The molecule has 78 valence electrons. The summed E-state index contributed by atoms with van der Waals surface area (Å²) in [5, 5.41) is 0. The normalized spacial score (nSPS) is 9.38. The standard InChI is InChI=1S/C15H13N/c1-3-4-13-7-10-15(16-11-13)14-8-5-12(2)6-9-14/h5-11H,1-2H3. The number of pyridine rings is 1. The molecule has 0 saturated heterocycles. The molecule has 0 N–H and O–H groups in total. The van der Waals surface area contributed by atoms with Crippen LogP contribution < -0.4 is 0 Å². The van der Waals surface area contributed by atoms with E-state index in [0.717, 1.165) is 16.8 Å². The molecule has 0 saturated carbocycles. The van der Waals surface area contributed by atoms with Gasteiger partial charge in [-0.05, 0) is 26.0 Å². The Bertz CT molecular complexity index is 524. The molecule has 0 fully saturated rings. The fourth-order valence-corrected chi connectivity index (χ4v) is 1.51. The van der Waals surface area contributed by atoms with Crippen LogP contribution in [0, 0.1) is 18.8 Å². The predicted molar refractivity (Wildman–Crippen MR) is 67.0 cm³/mol. The van der Waals surface area contributed by atoms with Gasteiger partial charge in [-0.2, -0.15) is 0 Å². The van der Waals surface area contributed by atoms with Crippen molar-refractivity contribution in [3.63, 3.8) is 0 Å². The van der Waals surface area contributed by atoms with Crippen LogP contribution >= 0.6 is 0 Å². The fraction of sp³-hybridized carbons (Fsp3) is 0.133. The molecule has 0 aliphatic carbocycles. The van der Waals surface area contributed by atoms with E-state index in [-0.39, 0.29) is 0 Å². The molecule has 0 atom stereocenters. The molecular weight excluding hydrogens is 194 g/mol. The number of rotatable bonds is 1. The van der Waals surface area contributed by atoms with Crippen LogP contribution in [0.25, 0.3) is 11.3 Å². The maximum atomic E-state index is 4.39. The minimum atomic E-state index is 0.957. The van der Waals surface area contributed by atoms with E-state index in [0.29, 0.717) is 0 Å². The maximum absolute atomic E-state index is 4.39. The number of benzene rings is 1. The molecule has 0 bridgehead atoms. The first-order valence-corrected chi connectivity index (χ1v) is 5.25. The van der Waals surface area contributed by atoms with Gasteiger partial charge < -0.3 is 0 Å². The van der Waals surface area contributed by atoms with E-state index in [1.807, 2.05) is 25.3 Å². The van der Waals surface area contributed by atoms with Crippen LogP contribution in [0.4, 0.5) is 0 Å². The Kier molecular flexibility index (Phi) is 3.03. The number of nitrogens with zero attached hydrogens (tertiary/aromatic N) is 1. The van der Waals surface area contributed by atoms with Gasteiger partial charge in [0.15, 0.2) is 0 Å². The Balaban J connectivity index is 2.33. The fourth-order valence-electron chi connectivity index (χ4n) is 1.51. The summed E-state index contributed by atoms with van der Waals surface area (Å²) in [6.07, 6.45) is 1.81. The highest BCUT2D eigenvalue weighted by atomic mass is 14.7. The Hall–Kier alpha value is -2.07. The van der Waals surface area contributed by atoms with E-state index in [4.69, 9.17) is 0 Å². The first-order valence-electron chi connectivity index (χ1n) is 5.25. The molecule has 1 aromatic heterocycles. The van der Waals surface area contributed by atoms with Crippen LogP contribution in [0.1, 0.15) is 18.1 Å². The van der Waals surface area contributed by atoms with E-state index in [1.165, 1.54) is 5.56 Å². The van der Waals surface area contributed by atoms with Crippen LogP contribution in [-0.4, -0.2) is 4.98 Å². The van der Waals surface area contributed by atoms with Crippen LogP contribution in [0.15, 0.2) is 42.6 Å². The summed E-state index contributed by atoms with van der Waals surface area (Å²) < 4.78 is 0. The van der Waals surface area contributed by atoms with E-state index < -0.39 is 0 Å². The van der Waals surface area contributed by atoms with Crippen LogP contribution in [0.5, 0.6) is 0 Å². The molecular formula is C15H13N. The van der Waals surface area contributed by atoms with Crippen LogP contribution in [0.2, 0.25) is 0 Å². The van der Waals surface area contributed by atoms with Crippen molar-refractivity contribution in [1.82, 2.24) is 4.98 Å². The molecule has 2 aromatic rings. The van der Waals surface area contributed by atoms with Gasteiger partial charge in [0.05, 0.1) is 5.69 Å². The molecule has 0 spiro atoms. The predicted octanol–water partition coefficient (Wildman–Crippen LogP) is 3.43. The van der Waals surface area contributed by atoms with Crippen molar-refractivity contribution in [2.45, 2.75) is 13.8 Å². The second-order valence-corrected chi connectivity index (χ2v) is 3.67. The Labute approximate surface area is 96.2 Å². The summed E-state index contributed by atoms with van der Waals surface area (Å²) in [6.45, 7) is 3.91. The molecule has 16 heavy (non-hydrogen) atoms. The molecule has 0 amide bonds. The molecule has 0 aliphatic rings. The van der Waals surface area contributed by atoms with E-state index in [2.05, 4.69) is 48.0 Å². The molecule has 1 nitrogen and oxygen atoms in total. The van der Waals surface area contributed by atoms with Gasteiger partial charge in [-0.15, -0.1) is 5.92 Å². The number of aryl methyl sites for hydroxylation is 1. The van der Waals surface area contributed by atoms with Gasteiger partial charge in [0.1, 0.15) is 0 Å². The van der Waals surface area contributed by atoms with Gasteiger partial charge in [-0.3, -0.25) is 4.98 Å². The lowest BCUT2D eigenvalue weighted by Crippen LogP contribution is -1.84. The highest BCUT2D eigenvalue weighted by molar-refractivity contribution is 5.59. The summed E-state index contributed by atoms with van der Waals surface area (Å²) in [5.74, 6) is 5.84. The van der Waals surface area contributed by atoms with Gasteiger partial charge >= 0.3 is 0 Å². The Morgan fingerprint density at radius 3 is 2.31 bits per heavy atom. The molecule has 1 heterocycles. The summed E-state index contributed by atoms with van der Waals surface area (Å²) in [5.41, 5.74) is 4.35. The number of hydrogen-bond acceptors (Lipinski definition) is 1. The van der Waals surface area contributed by atoms with Gasteiger partial charge in [0, 0.05) is 17.3 Å². The second kappa shape index (κ2) is 4.63. The third-order valence-electron chi connectivity index (χ3n) is 2.38. The quantitative estimate of drug-likeness (QED) is 0.653. The van der Waals surface area contributed by atoms with Crippen LogP contribution in [0.3, 0.4) is 0 Å². The maximum Gasteiger partial charge on any atom is 0.0702 e. The topological polar surface area (TPSA) is 12.9 Å². The molecule has 0 unspecified atom stereocenters. The summed E-state index contributed by atoms with van der Waals surface area (Å²) in [4.78, 5) is 4.39. The van der Waals surface area contributed by atoms with E-state index >= 15 is 0 Å². The van der Waals surface area contributed by atoms with Gasteiger partial charge in [-0.1, -0.05) is 35.7 Å². The van der Waals surface area contributed by atoms with Crippen molar-refractivity contribution in [2.24, 2.45) is 0 Å². The monoisotopic (exact) mass is 207 g/mol. The van der Waals surface area contributed by atoms with Gasteiger partial charge in [0.25, 0.3) is 0 Å². The molecule has 0 aliphatic heterocycles. The summed E-state index contributed by atoms with van der Waals surface area (Å²) in [6, 6.07) is 12.4. The minimum Gasteiger partial charge on any atom is -0.255 e. The van der Waals surface area contributed by atoms with Crippen molar-refractivity contribution < 1.29 is 0 Å². The second-order valence-electron chi connectivity index (χ2n) is 3.67. The molecule has 2 rings (SSSR count). The molecule has 1 heteroatoms. The van der Waals surface area contributed by atoms with Crippen LogP contribution in [-0.2, 0) is 0 Å². The lowest BCUT2D eigenvalue weighted by molar-refractivity contribution is 1.31. The van der Waals surface area contributed by atoms with Crippen molar-refractivity contribution in [1.29, 1.82) is 0 Å². The lowest BCUT2D eigenvalue weighted by atomic mass is 10.1. The number of hydrogen-bond donors (Lipinski definition) is 0. The zero-order valence-electron chi connectivity index (χ0n) is 9.49. The van der Waals surface area contributed by atoms with Crippen molar-refractivity contribution in [3.05, 3.63) is 53.7 Å². The smallest absolute Gasteiger partial charge is 0.0702 e. The zero-order chi connectivity index (χ0) is 11.4. The molecule has 1 aromatic carbocycles. The average Bonchev–Trinajstić information content (AvgIpc) is 2.32. The van der Waals surface area contributed by atoms with E-state index in [1.54, 1.807) is 0 Å². The lowest BCUT2D eigenvalue weighted by Gasteiger charge is -2.01. The zero-order valence-corrected chi connectivity index (χ0v) is 9.49. The number of aromatic nitrogens is 1. The van der Waals surface area contributed by atoms with E-state index in [9.17, 15) is 0 Å². The highest BCUT2D eigenvalue weighted by Gasteiger charge is 1.97. The third-order valence-corrected chi connectivity index (χ3v) is 2.38. The third kappa shape index (κ3) is 2.29.